The number of hydrogen-bond acceptors (Lipinski definition) is 2. The molecule has 2 nitrogen and oxygen atoms in total. The third kappa shape index (κ3) is 2.27. The smallest absolute Gasteiger partial charge is 0.128 e. The van der Waals surface area contributed by atoms with Gasteiger partial charge in [-0.25, -0.2) is 4.98 Å². The lowest BCUT2D eigenvalue weighted by atomic mass is 10.2. The summed E-state index contributed by atoms with van der Waals surface area (Å²) in [4.78, 5) is 4.75. The molecule has 1 aliphatic rings. The summed E-state index contributed by atoms with van der Waals surface area (Å²) >= 11 is 8.34. The molecule has 0 saturated heterocycles. The molecule has 0 aliphatic heterocycles. The normalized spacial score (nSPS) is 25.0. The van der Waals surface area contributed by atoms with Crippen LogP contribution in [0.1, 0.15) is 43.4 Å². The predicted molar refractivity (Wildman–Crippen MR) is 84.2 cm³/mol. The van der Waals surface area contributed by atoms with Crippen molar-refractivity contribution in [2.24, 2.45) is 0 Å². The zero-order valence-electron chi connectivity index (χ0n) is 11.3. The number of nitrogens with zero attached hydrogens (tertiary/aromatic N) is 2. The van der Waals surface area contributed by atoms with Gasteiger partial charge in [-0.15, -0.1) is 11.6 Å². The quantitative estimate of drug-likeness (QED) is 0.757. The third-order valence-electron chi connectivity index (χ3n) is 4.03. The molecule has 1 fully saturated rings. The maximum atomic E-state index is 6.36. The highest BCUT2D eigenvalue weighted by molar-refractivity contribution is 7.99. The molecule has 0 spiro atoms. The molecule has 2 aromatic rings. The van der Waals surface area contributed by atoms with Gasteiger partial charge >= 0.3 is 0 Å². The fraction of sp³-hybridized carbons (Fsp3) is 0.533. The second kappa shape index (κ2) is 5.37. The number of aromatic nitrogens is 2. The molecule has 3 rings (SSSR count). The van der Waals surface area contributed by atoms with Crippen molar-refractivity contribution in [2.45, 2.75) is 42.9 Å². The number of rotatable bonds is 3. The average Bonchev–Trinajstić information content (AvgIpc) is 3.01. The van der Waals surface area contributed by atoms with Crippen LogP contribution >= 0.6 is 23.4 Å². The van der Waals surface area contributed by atoms with Crippen LogP contribution in [-0.2, 0) is 0 Å². The van der Waals surface area contributed by atoms with Crippen molar-refractivity contribution in [2.75, 3.05) is 6.26 Å². The topological polar surface area (TPSA) is 17.8 Å². The van der Waals surface area contributed by atoms with E-state index in [-0.39, 0.29) is 5.38 Å². The summed E-state index contributed by atoms with van der Waals surface area (Å²) in [6.45, 7) is 2.02. The van der Waals surface area contributed by atoms with Crippen molar-refractivity contribution in [1.29, 1.82) is 0 Å². The Kier molecular flexibility index (Phi) is 3.77. The Morgan fingerprint density at radius 1 is 1.37 bits per heavy atom. The van der Waals surface area contributed by atoms with Crippen molar-refractivity contribution >= 4 is 34.4 Å². The van der Waals surface area contributed by atoms with E-state index in [1.54, 1.807) is 0 Å². The van der Waals surface area contributed by atoms with Crippen LogP contribution in [0.3, 0.4) is 0 Å². The molecule has 19 heavy (non-hydrogen) atoms. The molecule has 4 heteroatoms. The van der Waals surface area contributed by atoms with Crippen LogP contribution in [0.25, 0.3) is 11.0 Å². The molecular weight excluding hydrogens is 276 g/mol. The van der Waals surface area contributed by atoms with Crippen LogP contribution < -0.4 is 0 Å². The summed E-state index contributed by atoms with van der Waals surface area (Å²) < 4.78 is 2.40. The van der Waals surface area contributed by atoms with Crippen LogP contribution in [-0.4, -0.2) is 21.1 Å². The summed E-state index contributed by atoms with van der Waals surface area (Å²) in [5.74, 6) is 1.02. The number of imidazole rings is 1. The Balaban J connectivity index is 2.17. The number of para-hydroxylation sites is 2. The summed E-state index contributed by atoms with van der Waals surface area (Å²) in [5, 5.41) is 0.641. The molecule has 102 valence electrons. The first kappa shape index (κ1) is 13.3. The van der Waals surface area contributed by atoms with Gasteiger partial charge in [0.2, 0.25) is 0 Å². The maximum absolute atomic E-state index is 6.36. The van der Waals surface area contributed by atoms with E-state index in [2.05, 4.69) is 29.0 Å². The van der Waals surface area contributed by atoms with E-state index in [4.69, 9.17) is 16.6 Å². The van der Waals surface area contributed by atoms with Crippen molar-refractivity contribution in [1.82, 2.24) is 9.55 Å². The molecular formula is C15H19ClN2S. The number of benzene rings is 1. The standard InChI is InChI=1S/C15H19ClN2S/c1-10(16)15-17-11-6-3-4-7-12(11)18(15)13-8-5-9-14(13)19-2/h3-4,6-7,10,13-14H,5,8-9H2,1-2H3. The minimum atomic E-state index is -0.0458. The molecule has 1 aliphatic carbocycles. The fourth-order valence-corrected chi connectivity index (χ4v) is 4.30. The molecule has 3 unspecified atom stereocenters. The van der Waals surface area contributed by atoms with Gasteiger partial charge in [0.15, 0.2) is 0 Å². The zero-order valence-corrected chi connectivity index (χ0v) is 12.9. The van der Waals surface area contributed by atoms with Gasteiger partial charge < -0.3 is 4.57 Å². The first-order valence-corrected chi connectivity index (χ1v) is 8.58. The molecule has 0 radical (unpaired) electrons. The van der Waals surface area contributed by atoms with Gasteiger partial charge in [0.05, 0.1) is 16.4 Å². The Labute approximate surface area is 123 Å². The van der Waals surface area contributed by atoms with Crippen molar-refractivity contribution in [3.8, 4) is 0 Å². The molecule has 0 amide bonds. The number of fused-ring (bicyclic) bond motifs is 1. The summed E-state index contributed by atoms with van der Waals surface area (Å²) in [5.41, 5.74) is 2.30. The molecule has 1 aromatic carbocycles. The molecule has 1 aromatic heterocycles. The van der Waals surface area contributed by atoms with Gasteiger partial charge in [-0.3, -0.25) is 0 Å². The zero-order chi connectivity index (χ0) is 13.4. The van der Waals surface area contributed by atoms with Gasteiger partial charge in [-0.1, -0.05) is 18.6 Å². The van der Waals surface area contributed by atoms with Crippen LogP contribution in [0, 0.1) is 0 Å². The minimum absolute atomic E-state index is 0.0458. The van der Waals surface area contributed by atoms with Gasteiger partial charge in [-0.05, 0) is 38.2 Å². The molecule has 1 saturated carbocycles. The van der Waals surface area contributed by atoms with E-state index in [9.17, 15) is 0 Å². The highest BCUT2D eigenvalue weighted by Crippen LogP contribution is 2.41. The predicted octanol–water partition coefficient (Wildman–Crippen LogP) is 4.79. The van der Waals surface area contributed by atoms with Crippen molar-refractivity contribution < 1.29 is 0 Å². The fourth-order valence-electron chi connectivity index (χ4n) is 3.17. The van der Waals surface area contributed by atoms with Crippen LogP contribution in [0.5, 0.6) is 0 Å². The molecule has 3 atom stereocenters. The van der Waals surface area contributed by atoms with E-state index in [1.165, 1.54) is 24.8 Å². The molecule has 1 heterocycles. The Morgan fingerprint density at radius 3 is 2.89 bits per heavy atom. The highest BCUT2D eigenvalue weighted by Gasteiger charge is 2.31. The summed E-state index contributed by atoms with van der Waals surface area (Å²) in [6, 6.07) is 8.92. The Hall–Kier alpha value is -0.670. The lowest BCUT2D eigenvalue weighted by molar-refractivity contribution is 0.520. The van der Waals surface area contributed by atoms with E-state index in [1.807, 2.05) is 24.8 Å². The van der Waals surface area contributed by atoms with E-state index >= 15 is 0 Å². The van der Waals surface area contributed by atoms with E-state index in [0.717, 1.165) is 11.3 Å². The molecule has 0 bridgehead atoms. The third-order valence-corrected chi connectivity index (χ3v) is 5.38. The number of halogens is 1. The largest absolute Gasteiger partial charge is 0.322 e. The number of thioether (sulfide) groups is 1. The van der Waals surface area contributed by atoms with Crippen LogP contribution in [0.2, 0.25) is 0 Å². The van der Waals surface area contributed by atoms with Gasteiger partial charge in [0, 0.05) is 11.3 Å². The lowest BCUT2D eigenvalue weighted by Crippen LogP contribution is -2.18. The van der Waals surface area contributed by atoms with Crippen LogP contribution in [0.15, 0.2) is 24.3 Å². The second-order valence-corrected chi connectivity index (χ2v) is 6.95. The number of hydrogen-bond donors (Lipinski definition) is 0. The SMILES string of the molecule is CSC1CCCC1n1c(C(C)Cl)nc2ccccc21. The minimum Gasteiger partial charge on any atom is -0.322 e. The van der Waals surface area contributed by atoms with E-state index < -0.39 is 0 Å². The lowest BCUT2D eigenvalue weighted by Gasteiger charge is -2.23. The Bertz CT molecular complexity index is 579. The first-order valence-electron chi connectivity index (χ1n) is 6.86. The maximum Gasteiger partial charge on any atom is 0.128 e. The number of alkyl halides is 1. The second-order valence-electron chi connectivity index (χ2n) is 5.22. The highest BCUT2D eigenvalue weighted by atomic mass is 35.5. The van der Waals surface area contributed by atoms with Gasteiger partial charge in [0.1, 0.15) is 5.82 Å². The Morgan fingerprint density at radius 2 is 2.16 bits per heavy atom. The van der Waals surface area contributed by atoms with Crippen molar-refractivity contribution in [3.05, 3.63) is 30.1 Å². The van der Waals surface area contributed by atoms with Gasteiger partial charge in [0.25, 0.3) is 0 Å². The summed E-state index contributed by atoms with van der Waals surface area (Å²) in [6.07, 6.45) is 6.06. The van der Waals surface area contributed by atoms with Gasteiger partial charge in [-0.2, -0.15) is 11.8 Å². The first-order chi connectivity index (χ1) is 9.22. The molecule has 0 N–H and O–H groups in total. The van der Waals surface area contributed by atoms with Crippen molar-refractivity contribution in [3.63, 3.8) is 0 Å². The van der Waals surface area contributed by atoms with Crippen LogP contribution in [0.4, 0.5) is 0 Å². The van der Waals surface area contributed by atoms with E-state index in [0.29, 0.717) is 11.3 Å². The monoisotopic (exact) mass is 294 g/mol. The summed E-state index contributed by atoms with van der Waals surface area (Å²) in [7, 11) is 0. The average molecular weight is 295 g/mol.